The Morgan fingerprint density at radius 2 is 2.00 bits per heavy atom. The number of halogens is 1. The number of anilines is 1. The van der Waals surface area contributed by atoms with Crippen LogP contribution in [0.1, 0.15) is 31.4 Å². The molecule has 1 aromatic rings. The molecule has 2 aliphatic rings. The van der Waals surface area contributed by atoms with Crippen molar-refractivity contribution < 1.29 is 9.59 Å². The van der Waals surface area contributed by atoms with Crippen LogP contribution < -0.4 is 15.5 Å². The highest BCUT2D eigenvalue weighted by Crippen LogP contribution is 2.23. The van der Waals surface area contributed by atoms with Gasteiger partial charge in [0.25, 0.3) is 0 Å². The van der Waals surface area contributed by atoms with E-state index in [4.69, 9.17) is 0 Å². The van der Waals surface area contributed by atoms with Crippen LogP contribution in [-0.4, -0.2) is 31.4 Å². The Bertz CT molecular complexity index is 543. The SMILES string of the molecule is CC(NC(=O)C1CNC1)c1ccc(N2CCCC2=O)cc1.Cl. The van der Waals surface area contributed by atoms with Crippen molar-refractivity contribution in [3.63, 3.8) is 0 Å². The number of hydrogen-bond donors (Lipinski definition) is 2. The number of carbonyl (C=O) groups is 2. The summed E-state index contributed by atoms with van der Waals surface area (Å²) in [5.74, 6) is 0.413. The summed E-state index contributed by atoms with van der Waals surface area (Å²) in [6.45, 7) is 4.34. The van der Waals surface area contributed by atoms with Gasteiger partial charge in [-0.05, 0) is 31.0 Å². The van der Waals surface area contributed by atoms with Crippen LogP contribution in [0.15, 0.2) is 24.3 Å². The van der Waals surface area contributed by atoms with Gasteiger partial charge in [-0.3, -0.25) is 9.59 Å². The van der Waals surface area contributed by atoms with E-state index in [1.165, 1.54) is 0 Å². The molecule has 0 spiro atoms. The van der Waals surface area contributed by atoms with Crippen LogP contribution in [0, 0.1) is 5.92 Å². The number of benzene rings is 1. The number of nitrogens with one attached hydrogen (secondary N) is 2. The van der Waals surface area contributed by atoms with E-state index in [0.717, 1.165) is 37.3 Å². The van der Waals surface area contributed by atoms with Crippen molar-refractivity contribution in [3.8, 4) is 0 Å². The molecule has 1 unspecified atom stereocenters. The molecule has 0 aliphatic carbocycles. The lowest BCUT2D eigenvalue weighted by Crippen LogP contribution is -2.51. The molecule has 2 amide bonds. The van der Waals surface area contributed by atoms with E-state index >= 15 is 0 Å². The van der Waals surface area contributed by atoms with E-state index in [-0.39, 0.29) is 36.2 Å². The highest BCUT2D eigenvalue weighted by atomic mass is 35.5. The zero-order chi connectivity index (χ0) is 14.8. The van der Waals surface area contributed by atoms with Crippen molar-refractivity contribution >= 4 is 29.9 Å². The van der Waals surface area contributed by atoms with E-state index in [9.17, 15) is 9.59 Å². The van der Waals surface area contributed by atoms with Crippen molar-refractivity contribution in [2.75, 3.05) is 24.5 Å². The van der Waals surface area contributed by atoms with Gasteiger partial charge in [-0.15, -0.1) is 12.4 Å². The molecule has 2 aliphatic heterocycles. The fourth-order valence-electron chi connectivity index (χ4n) is 2.75. The Kier molecular flexibility index (Phi) is 5.42. The predicted octanol–water partition coefficient (Wildman–Crippen LogP) is 1.63. The molecular weight excluding hydrogens is 302 g/mol. The smallest absolute Gasteiger partial charge is 0.227 e. The lowest BCUT2D eigenvalue weighted by Gasteiger charge is -2.27. The molecule has 120 valence electrons. The third-order valence-electron chi connectivity index (χ3n) is 4.29. The topological polar surface area (TPSA) is 61.4 Å². The van der Waals surface area contributed by atoms with Crippen molar-refractivity contribution in [1.82, 2.24) is 10.6 Å². The lowest BCUT2D eigenvalue weighted by molar-refractivity contribution is -0.127. The molecule has 1 aromatic carbocycles. The van der Waals surface area contributed by atoms with Crippen LogP contribution in [0.3, 0.4) is 0 Å². The summed E-state index contributed by atoms with van der Waals surface area (Å²) in [5.41, 5.74) is 2.01. The zero-order valence-electron chi connectivity index (χ0n) is 12.7. The van der Waals surface area contributed by atoms with Gasteiger partial charge >= 0.3 is 0 Å². The van der Waals surface area contributed by atoms with Gasteiger partial charge in [0.05, 0.1) is 12.0 Å². The minimum atomic E-state index is -0.0126. The van der Waals surface area contributed by atoms with Crippen LogP contribution in [0.5, 0.6) is 0 Å². The predicted molar refractivity (Wildman–Crippen MR) is 88.2 cm³/mol. The van der Waals surface area contributed by atoms with E-state index in [1.54, 1.807) is 0 Å². The third-order valence-corrected chi connectivity index (χ3v) is 4.29. The van der Waals surface area contributed by atoms with E-state index in [2.05, 4.69) is 10.6 Å². The summed E-state index contributed by atoms with van der Waals surface area (Å²) < 4.78 is 0. The van der Waals surface area contributed by atoms with Crippen molar-refractivity contribution in [1.29, 1.82) is 0 Å². The lowest BCUT2D eigenvalue weighted by atomic mass is 10.0. The minimum Gasteiger partial charge on any atom is -0.349 e. The average Bonchev–Trinajstić information content (AvgIpc) is 2.83. The summed E-state index contributed by atoms with van der Waals surface area (Å²) >= 11 is 0. The Hall–Kier alpha value is -1.59. The van der Waals surface area contributed by atoms with Crippen molar-refractivity contribution in [2.45, 2.75) is 25.8 Å². The van der Waals surface area contributed by atoms with Crippen LogP contribution in [0.25, 0.3) is 0 Å². The van der Waals surface area contributed by atoms with Gasteiger partial charge in [0.1, 0.15) is 0 Å². The first-order chi connectivity index (χ1) is 10.1. The summed E-state index contributed by atoms with van der Waals surface area (Å²) in [4.78, 5) is 25.5. The molecule has 2 N–H and O–H groups in total. The minimum absolute atomic E-state index is 0. The van der Waals surface area contributed by atoms with E-state index in [1.807, 2.05) is 36.1 Å². The fraction of sp³-hybridized carbons (Fsp3) is 0.500. The highest BCUT2D eigenvalue weighted by Gasteiger charge is 2.26. The normalized spacial score (nSPS) is 19.3. The second-order valence-corrected chi connectivity index (χ2v) is 5.83. The summed E-state index contributed by atoms with van der Waals surface area (Å²) in [5, 5.41) is 6.14. The maximum Gasteiger partial charge on any atom is 0.227 e. The zero-order valence-corrected chi connectivity index (χ0v) is 13.5. The van der Waals surface area contributed by atoms with E-state index in [0.29, 0.717) is 6.42 Å². The first-order valence-corrected chi connectivity index (χ1v) is 7.56. The molecule has 2 fully saturated rings. The maximum atomic E-state index is 11.9. The molecule has 1 atom stereocenters. The maximum absolute atomic E-state index is 11.9. The number of nitrogens with zero attached hydrogens (tertiary/aromatic N) is 1. The van der Waals surface area contributed by atoms with Crippen LogP contribution in [0.4, 0.5) is 5.69 Å². The van der Waals surface area contributed by atoms with Gasteiger partial charge in [-0.2, -0.15) is 0 Å². The number of carbonyl (C=O) groups excluding carboxylic acids is 2. The molecular formula is C16H22ClN3O2. The van der Waals surface area contributed by atoms with E-state index < -0.39 is 0 Å². The Morgan fingerprint density at radius 3 is 2.50 bits per heavy atom. The molecule has 2 saturated heterocycles. The molecule has 2 heterocycles. The van der Waals surface area contributed by atoms with Crippen molar-refractivity contribution in [3.05, 3.63) is 29.8 Å². The Labute approximate surface area is 136 Å². The number of hydrogen-bond acceptors (Lipinski definition) is 3. The standard InChI is InChI=1S/C16H21N3O2.ClH/c1-11(18-16(21)13-9-17-10-13)12-4-6-14(7-5-12)19-8-2-3-15(19)20;/h4-7,11,13,17H,2-3,8-10H2,1H3,(H,18,21);1H. The third kappa shape index (κ3) is 3.42. The van der Waals surface area contributed by atoms with Crippen molar-refractivity contribution in [2.24, 2.45) is 5.92 Å². The van der Waals surface area contributed by atoms with Gasteiger partial charge in [-0.1, -0.05) is 12.1 Å². The molecule has 22 heavy (non-hydrogen) atoms. The first kappa shape index (κ1) is 16.8. The second kappa shape index (κ2) is 7.11. The Morgan fingerprint density at radius 1 is 1.32 bits per heavy atom. The van der Waals surface area contributed by atoms with Crippen LogP contribution in [0.2, 0.25) is 0 Å². The molecule has 0 radical (unpaired) electrons. The van der Waals surface area contributed by atoms with Gasteiger partial charge in [0.2, 0.25) is 11.8 Å². The summed E-state index contributed by atoms with van der Waals surface area (Å²) in [6, 6.07) is 7.90. The largest absolute Gasteiger partial charge is 0.349 e. The molecule has 3 rings (SSSR count). The average molecular weight is 324 g/mol. The number of amides is 2. The highest BCUT2D eigenvalue weighted by molar-refractivity contribution is 5.95. The molecule has 0 saturated carbocycles. The molecule has 6 heteroatoms. The molecule has 0 aromatic heterocycles. The van der Waals surface area contributed by atoms with Gasteiger partial charge in [0, 0.05) is 31.7 Å². The molecule has 5 nitrogen and oxygen atoms in total. The second-order valence-electron chi connectivity index (χ2n) is 5.83. The van der Waals surface area contributed by atoms with Gasteiger partial charge in [0.15, 0.2) is 0 Å². The number of rotatable bonds is 4. The molecule has 0 bridgehead atoms. The fourth-order valence-corrected chi connectivity index (χ4v) is 2.75. The first-order valence-electron chi connectivity index (χ1n) is 7.56. The van der Waals surface area contributed by atoms with Crippen LogP contribution >= 0.6 is 12.4 Å². The summed E-state index contributed by atoms with van der Waals surface area (Å²) in [7, 11) is 0. The van der Waals surface area contributed by atoms with Gasteiger partial charge < -0.3 is 15.5 Å². The summed E-state index contributed by atoms with van der Waals surface area (Å²) in [6.07, 6.45) is 1.58. The Balaban J connectivity index is 0.00000176. The van der Waals surface area contributed by atoms with Gasteiger partial charge in [-0.25, -0.2) is 0 Å². The monoisotopic (exact) mass is 323 g/mol. The van der Waals surface area contributed by atoms with Crippen LogP contribution in [-0.2, 0) is 9.59 Å². The quantitative estimate of drug-likeness (QED) is 0.885.